The fraction of sp³-hybridized carbons (Fsp3) is 0.125. The quantitative estimate of drug-likeness (QED) is 0.510. The van der Waals surface area contributed by atoms with Gasteiger partial charge in [0.2, 0.25) is 5.91 Å². The van der Waals surface area contributed by atoms with Crippen molar-refractivity contribution in [2.75, 3.05) is 5.32 Å². The summed E-state index contributed by atoms with van der Waals surface area (Å²) in [6, 6.07) is 10.6. The number of anilines is 1. The van der Waals surface area contributed by atoms with Crippen molar-refractivity contribution in [1.29, 1.82) is 0 Å². The highest BCUT2D eigenvalue weighted by atomic mass is 35.5. The first-order chi connectivity index (χ1) is 10.1. The number of amides is 1. The standard InChI is InChI=1S/C16H14ClNO2S/c1-11(17)16(20)18-13-6-4-12(5-7-13)15(19)9-8-14-3-2-10-21-14/h2-11H,1H3,(H,18,20)/b9-8+/t11-/m1/s1. The molecule has 1 N–H and O–H groups in total. The number of ketones is 1. The van der Waals surface area contributed by atoms with Gasteiger partial charge in [-0.15, -0.1) is 22.9 Å². The molecule has 0 bridgehead atoms. The number of rotatable bonds is 5. The van der Waals surface area contributed by atoms with E-state index >= 15 is 0 Å². The fourth-order valence-electron chi connectivity index (χ4n) is 1.60. The molecule has 0 saturated carbocycles. The van der Waals surface area contributed by atoms with Crippen LogP contribution in [-0.2, 0) is 4.79 Å². The van der Waals surface area contributed by atoms with Crippen LogP contribution >= 0.6 is 22.9 Å². The Morgan fingerprint density at radius 2 is 1.95 bits per heavy atom. The molecule has 3 nitrogen and oxygen atoms in total. The van der Waals surface area contributed by atoms with Crippen LogP contribution in [0.4, 0.5) is 5.69 Å². The average molecular weight is 320 g/mol. The summed E-state index contributed by atoms with van der Waals surface area (Å²) in [6.45, 7) is 1.60. The smallest absolute Gasteiger partial charge is 0.242 e. The highest BCUT2D eigenvalue weighted by molar-refractivity contribution is 7.10. The molecule has 2 rings (SSSR count). The first-order valence-corrected chi connectivity index (χ1v) is 7.69. The summed E-state index contributed by atoms with van der Waals surface area (Å²) >= 11 is 7.25. The SMILES string of the molecule is C[C@@H](Cl)C(=O)Nc1ccc(C(=O)/C=C/c2cccs2)cc1. The van der Waals surface area contributed by atoms with E-state index in [9.17, 15) is 9.59 Å². The third-order valence-corrected chi connectivity index (χ3v) is 3.78. The molecule has 0 aliphatic heterocycles. The van der Waals surface area contributed by atoms with Gasteiger partial charge in [0.25, 0.3) is 0 Å². The number of carbonyl (C=O) groups is 2. The Labute approximate surface area is 132 Å². The largest absolute Gasteiger partial charge is 0.325 e. The number of hydrogen-bond donors (Lipinski definition) is 1. The van der Waals surface area contributed by atoms with Crippen molar-refractivity contribution in [3.63, 3.8) is 0 Å². The van der Waals surface area contributed by atoms with Crippen LogP contribution in [-0.4, -0.2) is 17.1 Å². The Bertz CT molecular complexity index is 645. The third-order valence-electron chi connectivity index (χ3n) is 2.74. The molecule has 2 aromatic rings. The maximum absolute atomic E-state index is 12.0. The lowest BCUT2D eigenvalue weighted by Crippen LogP contribution is -2.20. The summed E-state index contributed by atoms with van der Waals surface area (Å²) in [5.74, 6) is -0.347. The first-order valence-electron chi connectivity index (χ1n) is 6.37. The number of carbonyl (C=O) groups excluding carboxylic acids is 2. The van der Waals surface area contributed by atoms with Crippen LogP contribution in [0.3, 0.4) is 0 Å². The molecular weight excluding hydrogens is 306 g/mol. The van der Waals surface area contributed by atoms with E-state index in [0.29, 0.717) is 11.3 Å². The second kappa shape index (κ2) is 7.20. The Morgan fingerprint density at radius 3 is 2.52 bits per heavy atom. The van der Waals surface area contributed by atoms with E-state index in [2.05, 4.69) is 5.32 Å². The minimum atomic E-state index is -0.597. The molecule has 1 amide bonds. The van der Waals surface area contributed by atoms with Crippen molar-refractivity contribution in [2.45, 2.75) is 12.3 Å². The molecule has 1 aromatic heterocycles. The number of allylic oxidation sites excluding steroid dienone is 1. The summed E-state index contributed by atoms with van der Waals surface area (Å²) in [5.41, 5.74) is 1.19. The number of halogens is 1. The predicted molar refractivity (Wildman–Crippen MR) is 88.1 cm³/mol. The summed E-state index contributed by atoms with van der Waals surface area (Å²) in [4.78, 5) is 24.5. The third kappa shape index (κ3) is 4.55. The summed E-state index contributed by atoms with van der Waals surface area (Å²) in [5, 5.41) is 4.02. The monoisotopic (exact) mass is 319 g/mol. The van der Waals surface area contributed by atoms with E-state index in [1.54, 1.807) is 54.7 Å². The number of alkyl halides is 1. The van der Waals surface area contributed by atoms with Crippen molar-refractivity contribution in [3.8, 4) is 0 Å². The Balaban J connectivity index is 2.01. The van der Waals surface area contributed by atoms with Gasteiger partial charge in [-0.3, -0.25) is 9.59 Å². The molecule has 0 aliphatic carbocycles. The van der Waals surface area contributed by atoms with Crippen LogP contribution in [0.15, 0.2) is 47.9 Å². The molecule has 5 heteroatoms. The zero-order chi connectivity index (χ0) is 15.2. The maximum atomic E-state index is 12.0. The van der Waals surface area contributed by atoms with E-state index < -0.39 is 5.38 Å². The lowest BCUT2D eigenvalue weighted by Gasteiger charge is -2.06. The summed E-state index contributed by atoms with van der Waals surface area (Å²) in [7, 11) is 0. The summed E-state index contributed by atoms with van der Waals surface area (Å²) < 4.78 is 0. The van der Waals surface area contributed by atoms with Crippen LogP contribution in [0, 0.1) is 0 Å². The van der Waals surface area contributed by atoms with Gasteiger partial charge in [0.15, 0.2) is 5.78 Å². The predicted octanol–water partition coefficient (Wildman–Crippen LogP) is 4.21. The zero-order valence-corrected chi connectivity index (χ0v) is 12.9. The van der Waals surface area contributed by atoms with Crippen molar-refractivity contribution >= 4 is 46.4 Å². The van der Waals surface area contributed by atoms with Crippen molar-refractivity contribution in [1.82, 2.24) is 0 Å². The van der Waals surface area contributed by atoms with Crippen LogP contribution < -0.4 is 5.32 Å². The van der Waals surface area contributed by atoms with Crippen molar-refractivity contribution in [3.05, 3.63) is 58.3 Å². The second-order valence-electron chi connectivity index (χ2n) is 4.40. The molecule has 0 radical (unpaired) electrons. The van der Waals surface area contributed by atoms with Gasteiger partial charge in [-0.25, -0.2) is 0 Å². The van der Waals surface area contributed by atoms with E-state index in [1.807, 2.05) is 17.5 Å². The highest BCUT2D eigenvalue weighted by Crippen LogP contribution is 2.14. The lowest BCUT2D eigenvalue weighted by atomic mass is 10.1. The van der Waals surface area contributed by atoms with Crippen molar-refractivity contribution in [2.24, 2.45) is 0 Å². The zero-order valence-electron chi connectivity index (χ0n) is 11.4. The van der Waals surface area contributed by atoms with Gasteiger partial charge in [-0.05, 0) is 54.8 Å². The normalized spacial score (nSPS) is 12.3. The van der Waals surface area contributed by atoms with Gasteiger partial charge in [-0.1, -0.05) is 6.07 Å². The van der Waals surface area contributed by atoms with E-state index in [1.165, 1.54) is 0 Å². The van der Waals surface area contributed by atoms with Crippen LogP contribution in [0.25, 0.3) is 6.08 Å². The maximum Gasteiger partial charge on any atom is 0.242 e. The van der Waals surface area contributed by atoms with Gasteiger partial charge in [0.05, 0.1) is 0 Å². The minimum absolute atomic E-state index is 0.0769. The van der Waals surface area contributed by atoms with Crippen LogP contribution in [0.1, 0.15) is 22.2 Å². The van der Waals surface area contributed by atoms with Crippen LogP contribution in [0.5, 0.6) is 0 Å². The summed E-state index contributed by atoms with van der Waals surface area (Å²) in [6.07, 6.45) is 3.33. The Kier molecular flexibility index (Phi) is 5.31. The van der Waals surface area contributed by atoms with Crippen molar-refractivity contribution < 1.29 is 9.59 Å². The fourth-order valence-corrected chi connectivity index (χ4v) is 2.27. The molecule has 0 unspecified atom stereocenters. The lowest BCUT2D eigenvalue weighted by molar-refractivity contribution is -0.115. The second-order valence-corrected chi connectivity index (χ2v) is 6.03. The molecule has 0 saturated heterocycles. The highest BCUT2D eigenvalue weighted by Gasteiger charge is 2.09. The molecule has 0 spiro atoms. The Morgan fingerprint density at radius 1 is 1.24 bits per heavy atom. The van der Waals surface area contributed by atoms with E-state index in [0.717, 1.165) is 4.88 Å². The number of thiophene rings is 1. The average Bonchev–Trinajstić information content (AvgIpc) is 2.98. The van der Waals surface area contributed by atoms with E-state index in [4.69, 9.17) is 11.6 Å². The number of benzene rings is 1. The van der Waals surface area contributed by atoms with Gasteiger partial charge >= 0.3 is 0 Å². The van der Waals surface area contributed by atoms with Gasteiger partial charge in [-0.2, -0.15) is 0 Å². The topological polar surface area (TPSA) is 46.2 Å². The molecule has 108 valence electrons. The molecule has 0 fully saturated rings. The van der Waals surface area contributed by atoms with Gasteiger partial charge in [0, 0.05) is 16.1 Å². The number of nitrogens with one attached hydrogen (secondary N) is 1. The Hall–Kier alpha value is -1.91. The molecular formula is C16H14ClNO2S. The van der Waals surface area contributed by atoms with Gasteiger partial charge in [0.1, 0.15) is 5.38 Å². The molecule has 1 aromatic carbocycles. The number of hydrogen-bond acceptors (Lipinski definition) is 3. The van der Waals surface area contributed by atoms with E-state index in [-0.39, 0.29) is 11.7 Å². The minimum Gasteiger partial charge on any atom is -0.325 e. The molecule has 21 heavy (non-hydrogen) atoms. The van der Waals surface area contributed by atoms with Crippen LogP contribution in [0.2, 0.25) is 0 Å². The molecule has 1 atom stereocenters. The molecule has 1 heterocycles. The first kappa shape index (κ1) is 15.5. The molecule has 0 aliphatic rings. The van der Waals surface area contributed by atoms with Gasteiger partial charge < -0.3 is 5.32 Å².